The number of aromatic nitrogens is 4. The third-order valence-corrected chi connectivity index (χ3v) is 3.86. The van der Waals surface area contributed by atoms with Crippen LogP contribution in [-0.4, -0.2) is 26.1 Å². The van der Waals surface area contributed by atoms with Crippen LogP contribution in [0.3, 0.4) is 0 Å². The van der Waals surface area contributed by atoms with Crippen LogP contribution in [-0.2, 0) is 6.42 Å². The summed E-state index contributed by atoms with van der Waals surface area (Å²) < 4.78 is 3.06. The van der Waals surface area contributed by atoms with E-state index in [4.69, 9.17) is 0 Å². The summed E-state index contributed by atoms with van der Waals surface area (Å²) in [7, 11) is 0. The Morgan fingerprint density at radius 2 is 2.19 bits per heavy atom. The maximum Gasteiger partial charge on any atom is 0.160 e. The molecule has 0 radical (unpaired) electrons. The van der Waals surface area contributed by atoms with Gasteiger partial charge < -0.3 is 5.32 Å². The Bertz CT molecular complexity index is 740. The molecule has 3 aromatic rings. The summed E-state index contributed by atoms with van der Waals surface area (Å²) in [6.45, 7) is 2.93. The topological polar surface area (TPSA) is 55.1 Å². The summed E-state index contributed by atoms with van der Waals surface area (Å²) in [4.78, 5) is 4.38. The highest BCUT2D eigenvalue weighted by atomic mass is 79.9. The Balaban J connectivity index is 1.61. The van der Waals surface area contributed by atoms with E-state index >= 15 is 0 Å². The molecule has 0 bridgehead atoms. The van der Waals surface area contributed by atoms with Gasteiger partial charge in [-0.3, -0.25) is 9.38 Å². The van der Waals surface area contributed by atoms with Crippen molar-refractivity contribution in [3.8, 4) is 0 Å². The summed E-state index contributed by atoms with van der Waals surface area (Å²) in [5, 5.41) is 11.8. The van der Waals surface area contributed by atoms with Crippen molar-refractivity contribution in [3.63, 3.8) is 0 Å². The van der Waals surface area contributed by atoms with Crippen molar-refractivity contribution in [1.82, 2.24) is 24.9 Å². The van der Waals surface area contributed by atoms with Gasteiger partial charge in [0.1, 0.15) is 5.82 Å². The van der Waals surface area contributed by atoms with E-state index in [0.717, 1.165) is 34.6 Å². The lowest BCUT2D eigenvalue weighted by atomic mass is 10.2. The third-order valence-electron chi connectivity index (χ3n) is 3.37. The van der Waals surface area contributed by atoms with Crippen molar-refractivity contribution >= 4 is 21.6 Å². The van der Waals surface area contributed by atoms with Gasteiger partial charge >= 0.3 is 0 Å². The molecule has 1 atom stereocenters. The first-order chi connectivity index (χ1) is 10.2. The molecule has 0 aliphatic heterocycles. The predicted octanol–water partition coefficient (Wildman–Crippen LogP) is 2.78. The van der Waals surface area contributed by atoms with Gasteiger partial charge in [-0.25, -0.2) is 0 Å². The van der Waals surface area contributed by atoms with E-state index in [-0.39, 0.29) is 6.04 Å². The Kier molecular flexibility index (Phi) is 4.26. The normalized spacial score (nSPS) is 12.7. The van der Waals surface area contributed by atoms with E-state index in [1.165, 1.54) is 0 Å². The van der Waals surface area contributed by atoms with Gasteiger partial charge in [-0.05, 0) is 31.2 Å². The number of nitrogens with one attached hydrogen (secondary N) is 1. The standard InChI is InChI=1S/C15H16BrN5/c1-11(13-10-12(16)5-7-18-13)17-8-6-15-20-19-14-4-2-3-9-21(14)15/h2-5,7,9-11,17H,6,8H2,1H3. The number of nitrogens with zero attached hydrogens (tertiary/aromatic N) is 4. The second-order valence-corrected chi connectivity index (χ2v) is 5.79. The zero-order valence-electron chi connectivity index (χ0n) is 11.7. The summed E-state index contributed by atoms with van der Waals surface area (Å²) in [6, 6.07) is 10.1. The maximum absolute atomic E-state index is 4.38. The SMILES string of the molecule is CC(NCCc1nnc2ccccn12)c1cc(Br)ccn1. The largest absolute Gasteiger partial charge is 0.308 e. The van der Waals surface area contributed by atoms with Crippen LogP contribution >= 0.6 is 15.9 Å². The van der Waals surface area contributed by atoms with Gasteiger partial charge in [0.15, 0.2) is 5.65 Å². The Morgan fingerprint density at radius 3 is 3.05 bits per heavy atom. The minimum absolute atomic E-state index is 0.196. The molecule has 0 aromatic carbocycles. The summed E-state index contributed by atoms with van der Waals surface area (Å²) >= 11 is 3.47. The van der Waals surface area contributed by atoms with E-state index in [9.17, 15) is 0 Å². The van der Waals surface area contributed by atoms with E-state index < -0.39 is 0 Å². The van der Waals surface area contributed by atoms with Crippen LogP contribution in [0.4, 0.5) is 0 Å². The van der Waals surface area contributed by atoms with Crippen LogP contribution in [0.5, 0.6) is 0 Å². The van der Waals surface area contributed by atoms with Gasteiger partial charge in [0.2, 0.25) is 0 Å². The molecule has 3 rings (SSSR count). The highest BCUT2D eigenvalue weighted by Gasteiger charge is 2.08. The smallest absolute Gasteiger partial charge is 0.160 e. The van der Waals surface area contributed by atoms with Crippen molar-refractivity contribution in [3.05, 3.63) is 58.7 Å². The van der Waals surface area contributed by atoms with E-state index in [0.29, 0.717) is 0 Å². The lowest BCUT2D eigenvalue weighted by Gasteiger charge is -2.13. The van der Waals surface area contributed by atoms with Gasteiger partial charge in [0.25, 0.3) is 0 Å². The molecular weight excluding hydrogens is 330 g/mol. The highest BCUT2D eigenvalue weighted by Crippen LogP contribution is 2.15. The number of halogens is 1. The van der Waals surface area contributed by atoms with Gasteiger partial charge in [0, 0.05) is 35.9 Å². The molecule has 0 aliphatic carbocycles. The van der Waals surface area contributed by atoms with Crippen LogP contribution in [0, 0.1) is 0 Å². The number of rotatable bonds is 5. The molecule has 21 heavy (non-hydrogen) atoms. The monoisotopic (exact) mass is 345 g/mol. The van der Waals surface area contributed by atoms with Crippen molar-refractivity contribution < 1.29 is 0 Å². The van der Waals surface area contributed by atoms with Crippen LogP contribution in [0.15, 0.2) is 47.2 Å². The lowest BCUT2D eigenvalue weighted by molar-refractivity contribution is 0.556. The molecule has 108 valence electrons. The van der Waals surface area contributed by atoms with E-state index in [1.54, 1.807) is 0 Å². The number of hydrogen-bond acceptors (Lipinski definition) is 4. The zero-order chi connectivity index (χ0) is 14.7. The number of hydrogen-bond donors (Lipinski definition) is 1. The van der Waals surface area contributed by atoms with Gasteiger partial charge in [0.05, 0.1) is 5.69 Å². The predicted molar refractivity (Wildman–Crippen MR) is 85.0 cm³/mol. The first-order valence-electron chi connectivity index (χ1n) is 6.87. The quantitative estimate of drug-likeness (QED) is 0.772. The second-order valence-electron chi connectivity index (χ2n) is 4.87. The molecule has 0 fully saturated rings. The maximum atomic E-state index is 4.38. The molecule has 0 spiro atoms. The average molecular weight is 346 g/mol. The van der Waals surface area contributed by atoms with Gasteiger partial charge in [-0.2, -0.15) is 0 Å². The van der Waals surface area contributed by atoms with Crippen LogP contribution in [0.2, 0.25) is 0 Å². The molecular formula is C15H16BrN5. The fourth-order valence-corrected chi connectivity index (χ4v) is 2.58. The minimum Gasteiger partial charge on any atom is -0.308 e. The van der Waals surface area contributed by atoms with Crippen LogP contribution in [0.25, 0.3) is 5.65 Å². The summed E-state index contributed by atoms with van der Waals surface area (Å²) in [6.07, 6.45) is 4.62. The van der Waals surface area contributed by atoms with Crippen molar-refractivity contribution in [1.29, 1.82) is 0 Å². The first-order valence-corrected chi connectivity index (χ1v) is 7.67. The molecule has 3 heterocycles. The molecule has 6 heteroatoms. The van der Waals surface area contributed by atoms with Gasteiger partial charge in [-0.15, -0.1) is 10.2 Å². The van der Waals surface area contributed by atoms with E-state index in [2.05, 4.69) is 43.4 Å². The van der Waals surface area contributed by atoms with Crippen molar-refractivity contribution in [2.75, 3.05) is 6.54 Å². The fourth-order valence-electron chi connectivity index (χ4n) is 2.22. The Morgan fingerprint density at radius 1 is 1.29 bits per heavy atom. The Labute approximate surface area is 131 Å². The molecule has 1 unspecified atom stereocenters. The van der Waals surface area contributed by atoms with Crippen molar-refractivity contribution in [2.24, 2.45) is 0 Å². The fraction of sp³-hybridized carbons (Fsp3) is 0.267. The second kappa shape index (κ2) is 6.32. The molecule has 0 saturated heterocycles. The van der Waals surface area contributed by atoms with Crippen molar-refractivity contribution in [2.45, 2.75) is 19.4 Å². The van der Waals surface area contributed by atoms with E-state index in [1.807, 2.05) is 47.1 Å². The highest BCUT2D eigenvalue weighted by molar-refractivity contribution is 9.10. The molecule has 0 saturated carbocycles. The van der Waals surface area contributed by atoms with Crippen LogP contribution < -0.4 is 5.32 Å². The van der Waals surface area contributed by atoms with Gasteiger partial charge in [-0.1, -0.05) is 22.0 Å². The summed E-state index contributed by atoms with van der Waals surface area (Å²) in [5.74, 6) is 0.965. The first kappa shape index (κ1) is 14.2. The molecule has 5 nitrogen and oxygen atoms in total. The molecule has 0 amide bonds. The Hall–Kier alpha value is -1.79. The molecule has 3 aromatic heterocycles. The van der Waals surface area contributed by atoms with Crippen LogP contribution in [0.1, 0.15) is 24.5 Å². The minimum atomic E-state index is 0.196. The average Bonchev–Trinajstić information content (AvgIpc) is 2.91. The lowest BCUT2D eigenvalue weighted by Crippen LogP contribution is -2.22. The number of pyridine rings is 2. The third kappa shape index (κ3) is 3.28. The molecule has 1 N–H and O–H groups in total. The zero-order valence-corrected chi connectivity index (χ0v) is 13.3. The summed E-state index contributed by atoms with van der Waals surface area (Å²) in [5.41, 5.74) is 1.91. The number of fused-ring (bicyclic) bond motifs is 1. The molecule has 0 aliphatic rings.